The van der Waals surface area contributed by atoms with Gasteiger partial charge in [0.05, 0.1) is 12.2 Å². The molecule has 1 N–H and O–H groups in total. The van der Waals surface area contributed by atoms with Crippen molar-refractivity contribution in [3.8, 4) is 0 Å². The Labute approximate surface area is 135 Å². The van der Waals surface area contributed by atoms with Gasteiger partial charge in [-0.25, -0.2) is 4.68 Å². The lowest BCUT2D eigenvalue weighted by Gasteiger charge is -2.27. The Bertz CT molecular complexity index is 751. The quantitative estimate of drug-likeness (QED) is 0.931. The van der Waals surface area contributed by atoms with Gasteiger partial charge in [0.2, 0.25) is 11.8 Å². The highest BCUT2D eigenvalue weighted by Crippen LogP contribution is 2.22. The lowest BCUT2D eigenvalue weighted by molar-refractivity contribution is -0.124. The van der Waals surface area contributed by atoms with Crippen molar-refractivity contribution in [3.05, 3.63) is 47.2 Å². The standard InChI is InChI=1S/C17H20N4O2/c1-12-5-3-4-6-14(12)10-18-15(22)11-20-16-9-13(2)19-21(16)8-7-17(20)23/h3-6,9H,7-8,10-11H2,1-2H3,(H,18,22). The number of amides is 2. The molecular weight excluding hydrogens is 292 g/mol. The predicted molar refractivity (Wildman–Crippen MR) is 87.0 cm³/mol. The highest BCUT2D eigenvalue weighted by molar-refractivity contribution is 5.98. The van der Waals surface area contributed by atoms with Crippen molar-refractivity contribution in [1.29, 1.82) is 0 Å². The third-order valence-electron chi connectivity index (χ3n) is 4.03. The number of hydrogen-bond donors (Lipinski definition) is 1. The fourth-order valence-electron chi connectivity index (χ4n) is 2.75. The highest BCUT2D eigenvalue weighted by Gasteiger charge is 2.27. The molecular formula is C17H20N4O2. The summed E-state index contributed by atoms with van der Waals surface area (Å²) in [5.41, 5.74) is 3.06. The van der Waals surface area contributed by atoms with E-state index in [2.05, 4.69) is 10.4 Å². The van der Waals surface area contributed by atoms with Crippen LogP contribution in [0, 0.1) is 13.8 Å². The van der Waals surface area contributed by atoms with Crippen LogP contribution in [-0.2, 0) is 22.7 Å². The number of carbonyl (C=O) groups is 2. The molecule has 0 spiro atoms. The molecule has 23 heavy (non-hydrogen) atoms. The minimum Gasteiger partial charge on any atom is -0.350 e. The first kappa shape index (κ1) is 15.3. The molecule has 1 aromatic carbocycles. The van der Waals surface area contributed by atoms with E-state index in [1.165, 1.54) is 4.90 Å². The highest BCUT2D eigenvalue weighted by atomic mass is 16.2. The number of nitrogens with zero attached hydrogens (tertiary/aromatic N) is 3. The third kappa shape index (κ3) is 3.26. The van der Waals surface area contributed by atoms with Gasteiger partial charge in [-0.1, -0.05) is 24.3 Å². The normalized spacial score (nSPS) is 13.8. The molecule has 0 saturated heterocycles. The van der Waals surface area contributed by atoms with Crippen LogP contribution in [0.15, 0.2) is 30.3 Å². The molecule has 0 aliphatic carbocycles. The van der Waals surface area contributed by atoms with E-state index in [4.69, 9.17) is 0 Å². The topological polar surface area (TPSA) is 67.2 Å². The van der Waals surface area contributed by atoms with Crippen LogP contribution in [0.5, 0.6) is 0 Å². The fraction of sp³-hybridized carbons (Fsp3) is 0.353. The molecule has 2 heterocycles. The Balaban J connectivity index is 1.66. The summed E-state index contributed by atoms with van der Waals surface area (Å²) in [6, 6.07) is 9.75. The molecule has 1 aliphatic heterocycles. The van der Waals surface area contributed by atoms with Gasteiger partial charge in [-0.05, 0) is 25.0 Å². The van der Waals surface area contributed by atoms with Gasteiger partial charge >= 0.3 is 0 Å². The molecule has 2 amide bonds. The summed E-state index contributed by atoms with van der Waals surface area (Å²) in [5.74, 6) is 0.488. The Hall–Kier alpha value is -2.63. The minimum absolute atomic E-state index is 0.0237. The lowest BCUT2D eigenvalue weighted by Crippen LogP contribution is -2.44. The molecule has 6 nitrogen and oxygen atoms in total. The largest absolute Gasteiger partial charge is 0.350 e. The van der Waals surface area contributed by atoms with Gasteiger partial charge in [0.15, 0.2) is 0 Å². The van der Waals surface area contributed by atoms with Gasteiger partial charge in [-0.15, -0.1) is 0 Å². The summed E-state index contributed by atoms with van der Waals surface area (Å²) in [4.78, 5) is 25.9. The Kier molecular flexibility index (Phi) is 4.14. The molecule has 2 aromatic rings. The molecule has 1 aliphatic rings. The van der Waals surface area contributed by atoms with Crippen LogP contribution in [0.4, 0.5) is 5.82 Å². The van der Waals surface area contributed by atoms with Crippen LogP contribution in [-0.4, -0.2) is 28.1 Å². The Morgan fingerprint density at radius 2 is 2.09 bits per heavy atom. The number of benzene rings is 1. The molecule has 0 bridgehead atoms. The summed E-state index contributed by atoms with van der Waals surface area (Å²) in [5, 5.41) is 7.22. The zero-order chi connectivity index (χ0) is 16.4. The monoisotopic (exact) mass is 312 g/mol. The maximum absolute atomic E-state index is 12.2. The number of hydrogen-bond acceptors (Lipinski definition) is 3. The molecule has 0 unspecified atom stereocenters. The molecule has 6 heteroatoms. The second-order valence-electron chi connectivity index (χ2n) is 5.80. The van der Waals surface area contributed by atoms with E-state index >= 15 is 0 Å². The number of rotatable bonds is 4. The number of aryl methyl sites for hydroxylation is 3. The predicted octanol–water partition coefficient (Wildman–Crippen LogP) is 1.55. The fourth-order valence-corrected chi connectivity index (χ4v) is 2.75. The second-order valence-corrected chi connectivity index (χ2v) is 5.80. The van der Waals surface area contributed by atoms with Crippen LogP contribution in [0.1, 0.15) is 23.2 Å². The van der Waals surface area contributed by atoms with E-state index in [0.717, 1.165) is 16.8 Å². The number of nitrogens with one attached hydrogen (secondary N) is 1. The summed E-state index contributed by atoms with van der Waals surface area (Å²) < 4.78 is 1.78. The van der Waals surface area contributed by atoms with Crippen LogP contribution in [0.2, 0.25) is 0 Å². The first-order valence-corrected chi connectivity index (χ1v) is 7.70. The van der Waals surface area contributed by atoms with Crippen molar-refractivity contribution in [2.24, 2.45) is 0 Å². The summed E-state index contributed by atoms with van der Waals surface area (Å²) in [6.07, 6.45) is 0.374. The maximum Gasteiger partial charge on any atom is 0.240 e. The average Bonchev–Trinajstić information content (AvgIpc) is 2.90. The van der Waals surface area contributed by atoms with Gasteiger partial charge in [0.1, 0.15) is 12.4 Å². The van der Waals surface area contributed by atoms with E-state index < -0.39 is 0 Å². The average molecular weight is 312 g/mol. The van der Waals surface area contributed by atoms with E-state index in [-0.39, 0.29) is 18.4 Å². The van der Waals surface area contributed by atoms with Crippen molar-refractivity contribution in [1.82, 2.24) is 15.1 Å². The van der Waals surface area contributed by atoms with Crippen molar-refractivity contribution < 1.29 is 9.59 Å². The molecule has 120 valence electrons. The molecule has 0 saturated carbocycles. The number of anilines is 1. The minimum atomic E-state index is -0.172. The SMILES string of the molecule is Cc1cc2n(n1)CCC(=O)N2CC(=O)NCc1ccccc1C. The number of carbonyl (C=O) groups excluding carboxylic acids is 2. The van der Waals surface area contributed by atoms with Crippen LogP contribution < -0.4 is 10.2 Å². The number of fused-ring (bicyclic) bond motifs is 1. The zero-order valence-corrected chi connectivity index (χ0v) is 13.4. The van der Waals surface area contributed by atoms with Gasteiger partial charge in [0.25, 0.3) is 0 Å². The zero-order valence-electron chi connectivity index (χ0n) is 13.4. The van der Waals surface area contributed by atoms with Crippen LogP contribution >= 0.6 is 0 Å². The molecule has 0 fully saturated rings. The Morgan fingerprint density at radius 3 is 2.87 bits per heavy atom. The van der Waals surface area contributed by atoms with Crippen molar-refractivity contribution in [2.45, 2.75) is 33.4 Å². The summed E-state index contributed by atoms with van der Waals surface area (Å²) >= 11 is 0. The third-order valence-corrected chi connectivity index (χ3v) is 4.03. The van der Waals surface area contributed by atoms with E-state index in [9.17, 15) is 9.59 Å². The van der Waals surface area contributed by atoms with Crippen LogP contribution in [0.25, 0.3) is 0 Å². The smallest absolute Gasteiger partial charge is 0.240 e. The van der Waals surface area contributed by atoms with Gasteiger partial charge in [0, 0.05) is 19.0 Å². The van der Waals surface area contributed by atoms with Crippen LogP contribution in [0.3, 0.4) is 0 Å². The van der Waals surface area contributed by atoms with Gasteiger partial charge in [-0.3, -0.25) is 14.5 Å². The number of aromatic nitrogens is 2. The molecule has 3 rings (SSSR count). The maximum atomic E-state index is 12.2. The second kappa shape index (κ2) is 6.24. The summed E-state index contributed by atoms with van der Waals surface area (Å²) in [7, 11) is 0. The lowest BCUT2D eigenvalue weighted by atomic mass is 10.1. The summed E-state index contributed by atoms with van der Waals surface area (Å²) in [6.45, 7) is 4.95. The van der Waals surface area contributed by atoms with Gasteiger partial charge in [-0.2, -0.15) is 5.10 Å². The van der Waals surface area contributed by atoms with E-state index in [0.29, 0.717) is 25.3 Å². The first-order valence-electron chi connectivity index (χ1n) is 7.70. The molecule has 0 radical (unpaired) electrons. The van der Waals surface area contributed by atoms with Gasteiger partial charge < -0.3 is 5.32 Å². The Morgan fingerprint density at radius 1 is 1.30 bits per heavy atom. The van der Waals surface area contributed by atoms with E-state index in [1.54, 1.807) is 4.68 Å². The van der Waals surface area contributed by atoms with Crippen molar-refractivity contribution >= 4 is 17.6 Å². The van der Waals surface area contributed by atoms with E-state index in [1.807, 2.05) is 44.2 Å². The van der Waals surface area contributed by atoms with Crippen molar-refractivity contribution in [3.63, 3.8) is 0 Å². The first-order chi connectivity index (χ1) is 11.0. The van der Waals surface area contributed by atoms with Crippen molar-refractivity contribution in [2.75, 3.05) is 11.4 Å². The molecule has 0 atom stereocenters. The molecule has 1 aromatic heterocycles.